The number of carbonyl (C=O) groups excluding carboxylic acids is 1. The van der Waals surface area contributed by atoms with Gasteiger partial charge in [-0.05, 0) is 35.9 Å². The zero-order valence-electron chi connectivity index (χ0n) is 13.0. The van der Waals surface area contributed by atoms with Crippen LogP contribution < -0.4 is 10.2 Å². The third-order valence-electron chi connectivity index (χ3n) is 3.42. The predicted octanol–water partition coefficient (Wildman–Crippen LogP) is 4.58. The summed E-state index contributed by atoms with van der Waals surface area (Å²) in [6, 6.07) is 15.5. The van der Waals surface area contributed by atoms with Crippen LogP contribution >= 0.6 is 27.3 Å². The van der Waals surface area contributed by atoms with Crippen molar-refractivity contribution in [2.45, 2.75) is 6.92 Å². The minimum atomic E-state index is -0.294. The van der Waals surface area contributed by atoms with Crippen LogP contribution in [0.5, 0.6) is 5.75 Å². The molecule has 0 saturated heterocycles. The number of benzene rings is 2. The van der Waals surface area contributed by atoms with Gasteiger partial charge in [-0.25, -0.2) is 5.43 Å². The van der Waals surface area contributed by atoms with Gasteiger partial charge in [-0.2, -0.15) is 5.10 Å². The predicted molar refractivity (Wildman–Crippen MR) is 102 cm³/mol. The van der Waals surface area contributed by atoms with Gasteiger partial charge >= 0.3 is 0 Å². The molecule has 4 nitrogen and oxygen atoms in total. The summed E-state index contributed by atoms with van der Waals surface area (Å²) in [6.07, 6.45) is 0. The summed E-state index contributed by atoms with van der Waals surface area (Å²) >= 11 is 5.10. The molecular formula is C18H15BrN2O2S. The lowest BCUT2D eigenvalue weighted by molar-refractivity contribution is -0.123. The summed E-state index contributed by atoms with van der Waals surface area (Å²) in [4.78, 5) is 13.0. The van der Waals surface area contributed by atoms with E-state index in [1.165, 1.54) is 0 Å². The fraction of sp³-hybridized carbons (Fsp3) is 0.111. The van der Waals surface area contributed by atoms with Crippen LogP contribution in [0.3, 0.4) is 0 Å². The quantitative estimate of drug-likeness (QED) is 0.501. The Morgan fingerprint density at radius 2 is 1.96 bits per heavy atom. The minimum absolute atomic E-state index is 0.0904. The SMILES string of the molecule is C/C(=N\NC(=O)COc1ccc(Br)c2ccccc12)c1cccs1. The van der Waals surface area contributed by atoms with Crippen molar-refractivity contribution in [1.29, 1.82) is 0 Å². The number of ether oxygens (including phenoxy) is 1. The largest absolute Gasteiger partial charge is 0.483 e. The van der Waals surface area contributed by atoms with E-state index >= 15 is 0 Å². The summed E-state index contributed by atoms with van der Waals surface area (Å²) in [6.45, 7) is 1.77. The second-order valence-corrected chi connectivity index (χ2v) is 6.89. The van der Waals surface area contributed by atoms with Gasteiger partial charge in [-0.3, -0.25) is 4.79 Å². The molecule has 122 valence electrons. The highest BCUT2D eigenvalue weighted by atomic mass is 79.9. The molecule has 0 aliphatic carbocycles. The normalized spacial score (nSPS) is 11.5. The fourth-order valence-corrected chi connectivity index (χ4v) is 3.38. The maximum atomic E-state index is 11.9. The lowest BCUT2D eigenvalue weighted by Gasteiger charge is -2.09. The van der Waals surface area contributed by atoms with Crippen LogP contribution in [-0.2, 0) is 4.79 Å². The Bertz CT molecular complexity index is 891. The number of nitrogens with zero attached hydrogens (tertiary/aromatic N) is 1. The Morgan fingerprint density at radius 1 is 1.17 bits per heavy atom. The summed E-state index contributed by atoms with van der Waals surface area (Å²) in [5.41, 5.74) is 3.29. The standard InChI is InChI=1S/C18H15BrN2O2S/c1-12(17-7-4-10-24-17)20-21-18(22)11-23-16-9-8-15(19)13-5-2-3-6-14(13)16/h2-10H,11H2,1H3,(H,21,22)/b20-12+. The van der Waals surface area contributed by atoms with Gasteiger partial charge in [0.2, 0.25) is 0 Å². The number of halogens is 1. The van der Waals surface area contributed by atoms with Crippen molar-refractivity contribution in [2.75, 3.05) is 6.61 Å². The number of rotatable bonds is 5. The minimum Gasteiger partial charge on any atom is -0.483 e. The molecule has 24 heavy (non-hydrogen) atoms. The van der Waals surface area contributed by atoms with E-state index in [9.17, 15) is 4.79 Å². The second-order valence-electron chi connectivity index (χ2n) is 5.09. The van der Waals surface area contributed by atoms with Crippen molar-refractivity contribution < 1.29 is 9.53 Å². The van der Waals surface area contributed by atoms with Crippen molar-refractivity contribution in [2.24, 2.45) is 5.10 Å². The molecule has 0 aliphatic rings. The van der Waals surface area contributed by atoms with Gasteiger partial charge in [0.1, 0.15) is 5.75 Å². The molecule has 6 heteroatoms. The van der Waals surface area contributed by atoms with E-state index < -0.39 is 0 Å². The van der Waals surface area contributed by atoms with Crippen LogP contribution in [0.25, 0.3) is 10.8 Å². The maximum Gasteiger partial charge on any atom is 0.277 e. The van der Waals surface area contributed by atoms with Crippen LogP contribution in [0, 0.1) is 0 Å². The zero-order chi connectivity index (χ0) is 16.9. The van der Waals surface area contributed by atoms with E-state index in [2.05, 4.69) is 26.5 Å². The Labute approximate surface area is 152 Å². The molecule has 1 amide bonds. The van der Waals surface area contributed by atoms with E-state index in [1.54, 1.807) is 11.3 Å². The molecule has 3 aromatic rings. The van der Waals surface area contributed by atoms with E-state index in [-0.39, 0.29) is 12.5 Å². The molecular weight excluding hydrogens is 388 g/mol. The molecule has 0 bridgehead atoms. The summed E-state index contributed by atoms with van der Waals surface area (Å²) in [5.74, 6) is 0.376. The third-order valence-corrected chi connectivity index (χ3v) is 5.09. The lowest BCUT2D eigenvalue weighted by Crippen LogP contribution is -2.25. The monoisotopic (exact) mass is 402 g/mol. The molecule has 0 spiro atoms. The molecule has 1 aromatic heterocycles. The number of hydrogen-bond acceptors (Lipinski definition) is 4. The average Bonchev–Trinajstić information content (AvgIpc) is 3.14. The maximum absolute atomic E-state index is 11.9. The molecule has 0 saturated carbocycles. The smallest absolute Gasteiger partial charge is 0.277 e. The third kappa shape index (κ3) is 3.83. The first-order chi connectivity index (χ1) is 11.6. The van der Waals surface area contributed by atoms with Crippen LogP contribution in [-0.4, -0.2) is 18.2 Å². The van der Waals surface area contributed by atoms with Gasteiger partial charge in [0.25, 0.3) is 5.91 Å². The van der Waals surface area contributed by atoms with E-state index in [0.29, 0.717) is 5.75 Å². The van der Waals surface area contributed by atoms with E-state index in [0.717, 1.165) is 25.8 Å². The highest BCUT2D eigenvalue weighted by molar-refractivity contribution is 9.10. The first-order valence-corrected chi connectivity index (χ1v) is 8.99. The first kappa shape index (κ1) is 16.7. The van der Waals surface area contributed by atoms with Crippen LogP contribution in [0.15, 0.2) is 63.5 Å². The van der Waals surface area contributed by atoms with Crippen LogP contribution in [0.2, 0.25) is 0 Å². The number of hydrogen-bond donors (Lipinski definition) is 1. The van der Waals surface area contributed by atoms with Gasteiger partial charge in [-0.15, -0.1) is 11.3 Å². The fourth-order valence-electron chi connectivity index (χ4n) is 2.22. The number of nitrogens with one attached hydrogen (secondary N) is 1. The molecule has 2 aromatic carbocycles. The number of hydrazone groups is 1. The van der Waals surface area contributed by atoms with Crippen molar-refractivity contribution in [3.63, 3.8) is 0 Å². The Kier molecular flexibility index (Phi) is 5.27. The second kappa shape index (κ2) is 7.59. The van der Waals surface area contributed by atoms with E-state index in [1.807, 2.05) is 60.8 Å². The van der Waals surface area contributed by atoms with Crippen LogP contribution in [0.4, 0.5) is 0 Å². The Hall–Kier alpha value is -2.18. The number of carbonyl (C=O) groups is 1. The summed E-state index contributed by atoms with van der Waals surface area (Å²) in [7, 11) is 0. The average molecular weight is 403 g/mol. The topological polar surface area (TPSA) is 50.7 Å². The molecule has 3 rings (SSSR count). The van der Waals surface area contributed by atoms with Gasteiger partial charge < -0.3 is 4.74 Å². The van der Waals surface area contributed by atoms with Gasteiger partial charge in [-0.1, -0.05) is 46.3 Å². The summed E-state index contributed by atoms with van der Waals surface area (Å²) in [5, 5.41) is 8.07. The van der Waals surface area contributed by atoms with Crippen molar-refractivity contribution in [3.05, 3.63) is 63.3 Å². The first-order valence-electron chi connectivity index (χ1n) is 7.32. The van der Waals surface area contributed by atoms with Gasteiger partial charge in [0.05, 0.1) is 5.71 Å². The lowest BCUT2D eigenvalue weighted by atomic mass is 10.1. The number of thiophene rings is 1. The Balaban J connectivity index is 1.65. The molecule has 0 unspecified atom stereocenters. The van der Waals surface area contributed by atoms with E-state index in [4.69, 9.17) is 4.74 Å². The molecule has 0 atom stereocenters. The molecule has 1 heterocycles. The molecule has 0 aliphatic heterocycles. The van der Waals surface area contributed by atoms with Crippen LogP contribution in [0.1, 0.15) is 11.8 Å². The van der Waals surface area contributed by atoms with Gasteiger partial charge in [0.15, 0.2) is 6.61 Å². The van der Waals surface area contributed by atoms with Crippen molar-refractivity contribution in [3.8, 4) is 5.75 Å². The Morgan fingerprint density at radius 3 is 2.71 bits per heavy atom. The highest BCUT2D eigenvalue weighted by Crippen LogP contribution is 2.31. The van der Waals surface area contributed by atoms with Crippen molar-refractivity contribution in [1.82, 2.24) is 5.43 Å². The number of fused-ring (bicyclic) bond motifs is 1. The summed E-state index contributed by atoms with van der Waals surface area (Å²) < 4.78 is 6.65. The highest BCUT2D eigenvalue weighted by Gasteiger charge is 2.08. The molecule has 1 N–H and O–H groups in total. The van der Waals surface area contributed by atoms with Crippen molar-refractivity contribution >= 4 is 49.7 Å². The van der Waals surface area contributed by atoms with Gasteiger partial charge in [0, 0.05) is 14.7 Å². The molecule has 0 fully saturated rings. The molecule has 0 radical (unpaired) electrons. The zero-order valence-corrected chi connectivity index (χ0v) is 15.4. The number of amides is 1.